The maximum atomic E-state index is 9.05. The van der Waals surface area contributed by atoms with Crippen LogP contribution in [0.25, 0.3) is 0 Å². The molecule has 0 heterocycles. The molecule has 2 N–H and O–H groups in total. The summed E-state index contributed by atoms with van der Waals surface area (Å²) >= 11 is 13.0. The Morgan fingerprint density at radius 3 is 1.05 bits per heavy atom. The van der Waals surface area contributed by atoms with Gasteiger partial charge in [-0.05, 0) is 68.2 Å². The zero-order valence-electron chi connectivity index (χ0n) is 26.1. The van der Waals surface area contributed by atoms with Crippen LogP contribution < -0.4 is 0 Å². The molecular formula is C34H44Cl2N4. The van der Waals surface area contributed by atoms with Gasteiger partial charge in [0.1, 0.15) is 0 Å². The predicted molar refractivity (Wildman–Crippen MR) is 176 cm³/mol. The molecule has 40 heavy (non-hydrogen) atoms. The Bertz CT molecular complexity index is 1340. The highest BCUT2D eigenvalue weighted by atomic mass is 35.5. The predicted octanol–water partition coefficient (Wildman–Crippen LogP) is 11.1. The second-order valence-corrected chi connectivity index (χ2v) is 15.6. The van der Waals surface area contributed by atoms with Crippen molar-refractivity contribution in [2.75, 3.05) is 0 Å². The Morgan fingerprint density at radius 1 is 0.500 bits per heavy atom. The summed E-state index contributed by atoms with van der Waals surface area (Å²) < 4.78 is 0. The van der Waals surface area contributed by atoms with Gasteiger partial charge in [-0.3, -0.25) is 10.8 Å². The van der Waals surface area contributed by atoms with Crippen LogP contribution >= 0.6 is 23.2 Å². The number of aliphatic imine (C=N–C) groups is 2. The third kappa shape index (κ3) is 7.01. The molecule has 1 aromatic rings. The van der Waals surface area contributed by atoms with Crippen LogP contribution in [0.2, 0.25) is 10.0 Å². The quantitative estimate of drug-likeness (QED) is 0.327. The zero-order chi connectivity index (χ0) is 30.6. The molecule has 0 atom stereocenters. The number of hydrogen-bond donors (Lipinski definition) is 2. The van der Waals surface area contributed by atoms with Crippen LogP contribution in [0.3, 0.4) is 0 Å². The lowest BCUT2D eigenvalue weighted by Crippen LogP contribution is -2.28. The fourth-order valence-corrected chi connectivity index (χ4v) is 4.76. The first-order valence-corrected chi connectivity index (χ1v) is 14.5. The first kappa shape index (κ1) is 32.0. The smallest absolute Gasteiger partial charge is 0.0910 e. The molecule has 1 aromatic carbocycles. The maximum Gasteiger partial charge on any atom is 0.0910 e. The largest absolute Gasteiger partial charge is 0.298 e. The molecule has 0 spiro atoms. The van der Waals surface area contributed by atoms with Crippen LogP contribution in [0.15, 0.2) is 68.7 Å². The monoisotopic (exact) mass is 578 g/mol. The number of rotatable bonds is 2. The van der Waals surface area contributed by atoms with Gasteiger partial charge >= 0.3 is 0 Å². The Hall–Kier alpha value is -2.56. The molecule has 0 unspecified atom stereocenters. The van der Waals surface area contributed by atoms with Crippen molar-refractivity contribution in [2.24, 2.45) is 31.6 Å². The molecule has 0 saturated heterocycles. The van der Waals surface area contributed by atoms with Gasteiger partial charge in [-0.1, -0.05) is 118 Å². The summed E-state index contributed by atoms with van der Waals surface area (Å²) in [5.41, 5.74) is 6.23. The van der Waals surface area contributed by atoms with Crippen LogP contribution in [0, 0.1) is 32.5 Å². The minimum Gasteiger partial charge on any atom is -0.298 e. The van der Waals surface area contributed by atoms with E-state index in [1.165, 1.54) is 0 Å². The fourth-order valence-electron chi connectivity index (χ4n) is 4.44. The molecule has 214 valence electrons. The Morgan fingerprint density at radius 2 is 0.800 bits per heavy atom. The van der Waals surface area contributed by atoms with Crippen molar-refractivity contribution in [1.29, 1.82) is 10.8 Å². The second kappa shape index (κ2) is 10.7. The summed E-state index contributed by atoms with van der Waals surface area (Å²) in [7, 11) is 0. The van der Waals surface area contributed by atoms with Gasteiger partial charge in [-0.15, -0.1) is 0 Å². The lowest BCUT2D eigenvalue weighted by molar-refractivity contribution is 0.500. The van der Waals surface area contributed by atoms with Crippen LogP contribution in [-0.4, -0.2) is 22.8 Å². The number of nitrogens with zero attached hydrogens (tertiary/aromatic N) is 2. The van der Waals surface area contributed by atoms with Crippen molar-refractivity contribution < 1.29 is 0 Å². The topological polar surface area (TPSA) is 72.4 Å². The van der Waals surface area contributed by atoms with E-state index in [2.05, 4.69) is 95.2 Å². The lowest BCUT2D eigenvalue weighted by Gasteiger charge is -2.31. The Labute approximate surface area is 251 Å². The van der Waals surface area contributed by atoms with Gasteiger partial charge in [-0.25, -0.2) is 9.98 Å². The van der Waals surface area contributed by atoms with Gasteiger partial charge in [-0.2, -0.15) is 0 Å². The van der Waals surface area contributed by atoms with E-state index in [1.54, 1.807) is 12.1 Å². The summed E-state index contributed by atoms with van der Waals surface area (Å²) in [4.78, 5) is 9.95. The van der Waals surface area contributed by atoms with Crippen molar-refractivity contribution in [3.63, 3.8) is 0 Å². The van der Waals surface area contributed by atoms with Crippen molar-refractivity contribution >= 4 is 57.4 Å². The number of halogens is 2. The molecule has 0 amide bonds. The summed E-state index contributed by atoms with van der Waals surface area (Å²) in [5, 5.41) is 18.8. The summed E-state index contributed by atoms with van der Waals surface area (Å²) in [6.07, 6.45) is 8.22. The average Bonchev–Trinajstić information content (AvgIpc) is 2.76. The van der Waals surface area contributed by atoms with Gasteiger partial charge in [0.25, 0.3) is 0 Å². The third-order valence-corrected chi connectivity index (χ3v) is 7.80. The SMILES string of the molecule is CC(C)(C)C1=CC(=Nc2cc(Cl)c(Cl)cc2N=C2C=C(C(C)(C)C)C=C(C(C)(C)C)C2=N)C(=N)C(C(C)(C)C)=C1. The first-order chi connectivity index (χ1) is 18.0. The third-order valence-electron chi connectivity index (χ3n) is 7.08. The second-order valence-electron chi connectivity index (χ2n) is 14.8. The molecule has 0 radical (unpaired) electrons. The van der Waals surface area contributed by atoms with Gasteiger partial charge in [0.2, 0.25) is 0 Å². The van der Waals surface area contributed by atoms with E-state index in [0.717, 1.165) is 22.3 Å². The molecular weight excluding hydrogens is 535 g/mol. The Balaban J connectivity index is 2.29. The molecule has 2 aliphatic rings. The molecule has 0 aliphatic heterocycles. The van der Waals surface area contributed by atoms with Crippen LogP contribution in [0.1, 0.15) is 83.1 Å². The van der Waals surface area contributed by atoms with Crippen LogP contribution in [0.4, 0.5) is 11.4 Å². The number of hydrogen-bond acceptors (Lipinski definition) is 4. The molecule has 0 saturated carbocycles. The molecule has 0 fully saturated rings. The average molecular weight is 580 g/mol. The van der Waals surface area contributed by atoms with Crippen LogP contribution in [0.5, 0.6) is 0 Å². The van der Waals surface area contributed by atoms with Crippen molar-refractivity contribution in [2.45, 2.75) is 83.1 Å². The first-order valence-electron chi connectivity index (χ1n) is 13.7. The zero-order valence-corrected chi connectivity index (χ0v) is 27.6. The standard InChI is InChI=1S/C34H44Cl2N4/c1-31(2,3)19-13-21(33(7,8)9)29(37)27(15-19)39-25-17-23(35)24(36)18-26(25)40-28-16-20(32(4,5)6)14-22(30(28)38)34(10,11)12/h13-18,37-38H,1-12H3. The van der Waals surface area contributed by atoms with E-state index in [0.29, 0.717) is 44.3 Å². The van der Waals surface area contributed by atoms with E-state index >= 15 is 0 Å². The molecule has 3 rings (SSSR count). The highest BCUT2D eigenvalue weighted by molar-refractivity contribution is 6.53. The number of nitrogens with one attached hydrogen (secondary N) is 2. The number of allylic oxidation sites excluding steroid dienone is 8. The molecule has 0 bridgehead atoms. The van der Waals surface area contributed by atoms with E-state index in [4.69, 9.17) is 44.0 Å². The van der Waals surface area contributed by atoms with Crippen molar-refractivity contribution in [1.82, 2.24) is 0 Å². The van der Waals surface area contributed by atoms with Crippen LogP contribution in [-0.2, 0) is 0 Å². The van der Waals surface area contributed by atoms with Gasteiger partial charge in [0.15, 0.2) is 0 Å². The number of benzene rings is 1. The minimum atomic E-state index is -0.232. The van der Waals surface area contributed by atoms with E-state index < -0.39 is 0 Å². The van der Waals surface area contributed by atoms with E-state index in [1.807, 2.05) is 12.2 Å². The molecule has 0 aromatic heterocycles. The highest BCUT2D eigenvalue weighted by Gasteiger charge is 2.32. The maximum absolute atomic E-state index is 9.05. The summed E-state index contributed by atoms with van der Waals surface area (Å²) in [5.74, 6) is 0. The van der Waals surface area contributed by atoms with Gasteiger partial charge in [0.05, 0.1) is 44.3 Å². The minimum absolute atomic E-state index is 0.125. The van der Waals surface area contributed by atoms with Crippen molar-refractivity contribution in [3.8, 4) is 0 Å². The van der Waals surface area contributed by atoms with E-state index in [9.17, 15) is 0 Å². The van der Waals surface area contributed by atoms with E-state index in [-0.39, 0.29) is 21.7 Å². The molecule has 4 nitrogen and oxygen atoms in total. The molecule has 2 aliphatic carbocycles. The highest BCUT2D eigenvalue weighted by Crippen LogP contribution is 2.41. The van der Waals surface area contributed by atoms with Gasteiger partial charge in [0, 0.05) is 0 Å². The Kier molecular flexibility index (Phi) is 8.54. The van der Waals surface area contributed by atoms with Gasteiger partial charge < -0.3 is 0 Å². The summed E-state index contributed by atoms with van der Waals surface area (Å²) in [6.45, 7) is 25.6. The fraction of sp³-hybridized carbons (Fsp3) is 0.471. The summed E-state index contributed by atoms with van der Waals surface area (Å²) in [6, 6.07) is 3.40. The molecule has 6 heteroatoms. The lowest BCUT2D eigenvalue weighted by atomic mass is 9.74. The normalized spacial score (nSPS) is 19.6. The van der Waals surface area contributed by atoms with Crippen molar-refractivity contribution in [3.05, 3.63) is 68.8 Å².